The van der Waals surface area contributed by atoms with Gasteiger partial charge in [-0.2, -0.15) is 0 Å². The Labute approximate surface area is 503 Å². The van der Waals surface area contributed by atoms with Crippen molar-refractivity contribution >= 4 is 99.9 Å². The molecule has 0 saturated carbocycles. The molecule has 5 heteroatoms. The molecule has 4 aliphatic carbocycles. The number of para-hydroxylation sites is 2. The van der Waals surface area contributed by atoms with E-state index in [4.69, 9.17) is 4.42 Å². The first kappa shape index (κ1) is 52.7. The van der Waals surface area contributed by atoms with Crippen molar-refractivity contribution in [3.8, 4) is 0 Å². The summed E-state index contributed by atoms with van der Waals surface area (Å²) in [6, 6.07) is 53.3. The highest BCUT2D eigenvalue weighted by Gasteiger charge is 2.52. The Balaban J connectivity index is 1.05. The highest BCUT2D eigenvalue weighted by atomic mass is 32.1. The molecule has 2 aromatic heterocycles. The second kappa shape index (κ2) is 16.4. The number of rotatable bonds is 2. The molecule has 0 fully saturated rings. The molecule has 0 spiro atoms. The normalized spacial score (nSPS) is 20.5. The molecule has 4 heterocycles. The second-order valence-corrected chi connectivity index (χ2v) is 32.5. The van der Waals surface area contributed by atoms with Gasteiger partial charge in [0.25, 0.3) is 6.71 Å². The predicted octanol–water partition coefficient (Wildman–Crippen LogP) is 19.8. The Bertz CT molecular complexity index is 4600. The van der Waals surface area contributed by atoms with Crippen LogP contribution in [0.15, 0.2) is 138 Å². The molecule has 2 aliphatic heterocycles. The van der Waals surface area contributed by atoms with Crippen LogP contribution in [-0.4, -0.2) is 6.71 Å². The molecule has 0 N–H and O–H groups in total. The molecule has 0 unspecified atom stereocenters. The summed E-state index contributed by atoms with van der Waals surface area (Å²) in [6.45, 7) is 42.2. The highest BCUT2D eigenvalue weighted by Crippen LogP contribution is 2.60. The number of hydrogen-bond donors (Lipinski definition) is 0. The maximum absolute atomic E-state index is 7.16. The van der Waals surface area contributed by atoms with E-state index in [1.165, 1.54) is 146 Å². The summed E-state index contributed by atoms with van der Waals surface area (Å²) < 4.78 is 10.00. The van der Waals surface area contributed by atoms with Crippen molar-refractivity contribution in [3.05, 3.63) is 206 Å². The van der Waals surface area contributed by atoms with Crippen molar-refractivity contribution in [1.82, 2.24) is 0 Å². The van der Waals surface area contributed by atoms with Gasteiger partial charge in [0.2, 0.25) is 0 Å². The first-order valence-corrected chi connectivity index (χ1v) is 32.3. The van der Waals surface area contributed by atoms with E-state index >= 15 is 0 Å². The topological polar surface area (TPSA) is 19.6 Å². The van der Waals surface area contributed by atoms with E-state index in [9.17, 15) is 0 Å². The molecule has 422 valence electrons. The highest BCUT2D eigenvalue weighted by molar-refractivity contribution is 7.34. The van der Waals surface area contributed by atoms with Crippen LogP contribution in [0.2, 0.25) is 0 Å². The molecule has 10 aromatic rings. The number of thiophene rings is 1. The number of benzene rings is 8. The SMILES string of the molecule is Cc1cc2c3c(c1)N(c1cccc4c1oc1ccccc14)c1cc4c(cc1B3c1sc3c5c(ccc3c1N2c1ccc2c(c1)C(C)(C)CCC2(C)C)C(C)(C)c1ccccc1C5(C)C)C(C)(C)c1cc2c(cc1C4(C)C)C(C)(C)CCC2(C)C. The van der Waals surface area contributed by atoms with E-state index < -0.39 is 0 Å². The van der Waals surface area contributed by atoms with Crippen molar-refractivity contribution in [2.75, 3.05) is 9.80 Å². The molecule has 0 saturated heterocycles. The van der Waals surface area contributed by atoms with Crippen molar-refractivity contribution in [2.45, 2.75) is 187 Å². The number of nitrogens with zero attached hydrogens (tertiary/aromatic N) is 2. The van der Waals surface area contributed by atoms with Gasteiger partial charge in [0, 0.05) is 70.0 Å². The Morgan fingerprint density at radius 1 is 0.405 bits per heavy atom. The van der Waals surface area contributed by atoms with Crippen LogP contribution >= 0.6 is 11.3 Å². The van der Waals surface area contributed by atoms with Gasteiger partial charge in [-0.25, -0.2) is 0 Å². The standard InChI is InChI=1S/C79H81BN2OS/c1-44-37-63-67-64(38-44)82(61-27-22-24-47-46-23-18-21-28-65(46)83-69(47)61)62-43-59-58(77(12,13)56-40-54-55(41-57(56)78(59,14)15)75(8,9)36-35-74(54,6)7)42-60(62)80(67)71-68(81(63)45-29-31-49-53(39-45)73(4,5)34-33-72(49,2)3)48-30-32-52-66(70(48)84-71)79(16,17)51-26-20-19-25-50(51)76(52,10)11/h18-32,37-43H,33-36H2,1-17H3. The smallest absolute Gasteiger partial charge is 0.264 e. The molecule has 8 aromatic carbocycles. The van der Waals surface area contributed by atoms with Gasteiger partial charge in [-0.1, -0.05) is 202 Å². The van der Waals surface area contributed by atoms with Crippen LogP contribution in [0.4, 0.5) is 34.1 Å². The monoisotopic (exact) mass is 1120 g/mol. The molecule has 6 aliphatic rings. The third-order valence-electron chi connectivity index (χ3n) is 23.1. The van der Waals surface area contributed by atoms with E-state index in [0.29, 0.717) is 0 Å². The van der Waals surface area contributed by atoms with Crippen molar-refractivity contribution in [2.24, 2.45) is 0 Å². The summed E-state index contributed by atoms with van der Waals surface area (Å²) in [5.41, 5.74) is 30.1. The fraction of sp³-hybridized carbons (Fsp3) is 0.367. The summed E-state index contributed by atoms with van der Waals surface area (Å²) in [5.74, 6) is 0. The second-order valence-electron chi connectivity index (χ2n) is 31.5. The summed E-state index contributed by atoms with van der Waals surface area (Å²) in [5, 5.41) is 3.64. The Morgan fingerprint density at radius 2 is 0.929 bits per heavy atom. The number of aryl methyl sites for hydroxylation is 1. The zero-order chi connectivity index (χ0) is 58.7. The summed E-state index contributed by atoms with van der Waals surface area (Å²) in [7, 11) is 0. The number of hydrogen-bond acceptors (Lipinski definition) is 4. The van der Waals surface area contributed by atoms with E-state index in [1.54, 1.807) is 0 Å². The number of anilines is 6. The van der Waals surface area contributed by atoms with Crippen molar-refractivity contribution < 1.29 is 4.42 Å². The molecule has 0 atom stereocenters. The lowest BCUT2D eigenvalue weighted by atomic mass is 9.35. The lowest BCUT2D eigenvalue weighted by Crippen LogP contribution is -2.61. The first-order chi connectivity index (χ1) is 39.6. The molecule has 0 radical (unpaired) electrons. The van der Waals surface area contributed by atoms with Crippen LogP contribution in [-0.2, 0) is 43.3 Å². The number of furan rings is 1. The van der Waals surface area contributed by atoms with Gasteiger partial charge >= 0.3 is 0 Å². The third kappa shape index (κ3) is 6.66. The van der Waals surface area contributed by atoms with Gasteiger partial charge in [0.1, 0.15) is 5.58 Å². The van der Waals surface area contributed by atoms with Gasteiger partial charge in [-0.3, -0.25) is 0 Å². The third-order valence-corrected chi connectivity index (χ3v) is 24.4. The Hall–Kier alpha value is -6.82. The summed E-state index contributed by atoms with van der Waals surface area (Å²) in [6.07, 6.45) is 4.71. The van der Waals surface area contributed by atoms with Crippen LogP contribution in [0.25, 0.3) is 32.0 Å². The zero-order valence-corrected chi connectivity index (χ0v) is 53.6. The van der Waals surface area contributed by atoms with Crippen LogP contribution in [0.3, 0.4) is 0 Å². The molecule has 84 heavy (non-hydrogen) atoms. The lowest BCUT2D eigenvalue weighted by Gasteiger charge is -2.50. The fourth-order valence-corrected chi connectivity index (χ4v) is 19.5. The Kier molecular flexibility index (Phi) is 10.3. The average molecular weight is 1120 g/mol. The van der Waals surface area contributed by atoms with E-state index in [2.05, 4.69) is 272 Å². The molecule has 0 amide bonds. The van der Waals surface area contributed by atoms with Gasteiger partial charge in [-0.05, 0) is 180 Å². The van der Waals surface area contributed by atoms with E-state index in [1.807, 2.05) is 0 Å². The minimum Gasteiger partial charge on any atom is -0.454 e. The maximum Gasteiger partial charge on any atom is 0.264 e. The lowest BCUT2D eigenvalue weighted by molar-refractivity contribution is 0.329. The minimum absolute atomic E-state index is 0.0252. The molecular weight excluding hydrogens is 1040 g/mol. The zero-order valence-electron chi connectivity index (χ0n) is 52.8. The van der Waals surface area contributed by atoms with Crippen LogP contribution in [0.5, 0.6) is 0 Å². The summed E-state index contributed by atoms with van der Waals surface area (Å²) >= 11 is 2.09. The maximum atomic E-state index is 7.16. The number of fused-ring (bicyclic) bond motifs is 16. The molecule has 3 nitrogen and oxygen atoms in total. The molecular formula is C79H81BN2OS. The van der Waals surface area contributed by atoms with E-state index in [-0.39, 0.29) is 50.0 Å². The van der Waals surface area contributed by atoms with Crippen molar-refractivity contribution in [3.63, 3.8) is 0 Å². The van der Waals surface area contributed by atoms with Crippen LogP contribution in [0, 0.1) is 6.92 Å². The van der Waals surface area contributed by atoms with Gasteiger partial charge < -0.3 is 14.2 Å². The van der Waals surface area contributed by atoms with Crippen molar-refractivity contribution in [1.29, 1.82) is 0 Å². The first-order valence-electron chi connectivity index (χ1n) is 31.4. The average Bonchev–Trinajstić information content (AvgIpc) is 1.19. The largest absolute Gasteiger partial charge is 0.454 e. The molecule has 16 rings (SSSR count). The van der Waals surface area contributed by atoms with Gasteiger partial charge in [-0.15, -0.1) is 11.3 Å². The molecule has 0 bridgehead atoms. The minimum atomic E-state index is -0.300. The quantitative estimate of drug-likeness (QED) is 0.161. The van der Waals surface area contributed by atoms with Gasteiger partial charge in [0.15, 0.2) is 5.58 Å². The van der Waals surface area contributed by atoms with Crippen LogP contribution < -0.4 is 25.5 Å². The Morgan fingerprint density at radius 3 is 1.58 bits per heavy atom. The fourth-order valence-electron chi connectivity index (χ4n) is 17.8. The van der Waals surface area contributed by atoms with Crippen LogP contribution in [0.1, 0.15) is 209 Å². The predicted molar refractivity (Wildman–Crippen MR) is 360 cm³/mol. The van der Waals surface area contributed by atoms with Gasteiger partial charge in [0.05, 0.1) is 11.4 Å². The summed E-state index contributed by atoms with van der Waals surface area (Å²) in [4.78, 5) is 5.40. The van der Waals surface area contributed by atoms with E-state index in [0.717, 1.165) is 34.0 Å².